The highest BCUT2D eigenvalue weighted by molar-refractivity contribution is 6.02. The molecule has 0 saturated carbocycles. The number of phenols is 2. The number of carboxylic acids is 1. The molecule has 2 aromatic rings. The largest absolute Gasteiger partial charge is 0.507 e. The monoisotopic (exact) mass is 467 g/mol. The summed E-state index contributed by atoms with van der Waals surface area (Å²) in [4.78, 5) is 36.0. The Morgan fingerprint density at radius 2 is 1.58 bits per heavy atom. The van der Waals surface area contributed by atoms with Gasteiger partial charge in [0, 0.05) is 6.07 Å². The number of carboxylic acid groups (broad SMARTS) is 1. The predicted molar refractivity (Wildman–Crippen MR) is 107 cm³/mol. The Bertz CT molecular complexity index is 1100. The molecule has 0 bridgehead atoms. The number of aromatic hydroxyl groups is 2. The van der Waals surface area contributed by atoms with Crippen LogP contribution in [0.2, 0.25) is 0 Å². The molecule has 0 aliphatic heterocycles. The third-order valence-corrected chi connectivity index (χ3v) is 4.28. The highest BCUT2D eigenvalue weighted by atomic mass is 16.8. The number of hydrogen-bond donors (Lipinski definition) is 5. The number of rotatable bonds is 8. The van der Waals surface area contributed by atoms with E-state index >= 15 is 0 Å². The van der Waals surface area contributed by atoms with Crippen LogP contribution in [0.5, 0.6) is 28.7 Å². The lowest BCUT2D eigenvalue weighted by Gasteiger charge is -2.21. The smallest absolute Gasteiger partial charge is 0.346 e. The SMILES string of the molecule is COC(=O)c1c(Oc2cc(C)cc(O)c2C(=O)OC(C)C(=O)O)c(OC)cc(O)c1N(O)O. The lowest BCUT2D eigenvalue weighted by atomic mass is 10.1. The van der Waals surface area contributed by atoms with Crippen LogP contribution in [0, 0.1) is 6.92 Å². The molecule has 0 aromatic heterocycles. The zero-order chi connectivity index (χ0) is 25.0. The molecular formula is C20H21NO12. The van der Waals surface area contributed by atoms with Crippen molar-refractivity contribution in [1.29, 1.82) is 0 Å². The lowest BCUT2D eigenvalue weighted by molar-refractivity contribution is -0.146. The normalized spacial score (nSPS) is 11.3. The summed E-state index contributed by atoms with van der Waals surface area (Å²) in [6, 6.07) is 3.32. The van der Waals surface area contributed by atoms with Gasteiger partial charge in [-0.1, -0.05) is 0 Å². The van der Waals surface area contributed by atoms with Gasteiger partial charge in [-0.25, -0.2) is 14.4 Å². The first kappa shape index (κ1) is 25.0. The number of aliphatic carboxylic acids is 1. The number of nitrogens with zero attached hydrogens (tertiary/aromatic N) is 1. The van der Waals surface area contributed by atoms with Gasteiger partial charge < -0.3 is 34.3 Å². The average molecular weight is 467 g/mol. The Morgan fingerprint density at radius 1 is 0.939 bits per heavy atom. The van der Waals surface area contributed by atoms with E-state index < -0.39 is 69.1 Å². The molecule has 33 heavy (non-hydrogen) atoms. The molecule has 0 spiro atoms. The molecule has 0 heterocycles. The van der Waals surface area contributed by atoms with Gasteiger partial charge in [-0.2, -0.15) is 0 Å². The van der Waals surface area contributed by atoms with E-state index in [4.69, 9.17) is 19.3 Å². The first-order chi connectivity index (χ1) is 15.4. The number of ether oxygens (including phenoxy) is 4. The van der Waals surface area contributed by atoms with Gasteiger partial charge in [-0.3, -0.25) is 10.4 Å². The predicted octanol–water partition coefficient (Wildman–Crippen LogP) is 2.21. The zero-order valence-electron chi connectivity index (χ0n) is 17.9. The molecule has 13 nitrogen and oxygen atoms in total. The quantitative estimate of drug-likeness (QED) is 0.280. The number of esters is 2. The molecule has 1 atom stereocenters. The molecule has 0 amide bonds. The third-order valence-electron chi connectivity index (χ3n) is 4.28. The first-order valence-corrected chi connectivity index (χ1v) is 9.08. The maximum atomic E-state index is 12.6. The van der Waals surface area contributed by atoms with Crippen molar-refractivity contribution in [3.05, 3.63) is 34.9 Å². The van der Waals surface area contributed by atoms with Crippen LogP contribution in [0.4, 0.5) is 5.69 Å². The molecule has 13 heteroatoms. The molecule has 0 fully saturated rings. The Hall–Kier alpha value is -4.23. The standard InChI is InChI=1S/C20H21NO12/c1-8-5-10(22)14(20(27)32-9(2)18(24)25)12(6-8)33-17-13(30-3)7-11(23)16(21(28)29)15(17)19(26)31-4/h5-7,9,22-23,28-29H,1-4H3,(H,24,25). The highest BCUT2D eigenvalue weighted by Crippen LogP contribution is 2.47. The van der Waals surface area contributed by atoms with Crippen LogP contribution in [0.3, 0.4) is 0 Å². The molecule has 5 N–H and O–H groups in total. The number of carbonyl (C=O) groups is 3. The number of carbonyl (C=O) groups excluding carboxylic acids is 2. The van der Waals surface area contributed by atoms with Gasteiger partial charge in [0.05, 0.1) is 14.2 Å². The maximum absolute atomic E-state index is 12.6. The second-order valence-corrected chi connectivity index (χ2v) is 6.58. The van der Waals surface area contributed by atoms with E-state index in [-0.39, 0.29) is 5.75 Å². The van der Waals surface area contributed by atoms with Gasteiger partial charge >= 0.3 is 17.9 Å². The van der Waals surface area contributed by atoms with Crippen LogP contribution in [-0.2, 0) is 14.3 Å². The van der Waals surface area contributed by atoms with Crippen molar-refractivity contribution in [1.82, 2.24) is 0 Å². The Morgan fingerprint density at radius 3 is 2.09 bits per heavy atom. The van der Waals surface area contributed by atoms with Gasteiger partial charge in [-0.05, 0) is 31.5 Å². The average Bonchev–Trinajstić information content (AvgIpc) is 2.72. The molecule has 178 valence electrons. The highest BCUT2D eigenvalue weighted by Gasteiger charge is 2.32. The van der Waals surface area contributed by atoms with Gasteiger partial charge in [-0.15, -0.1) is 5.23 Å². The summed E-state index contributed by atoms with van der Waals surface area (Å²) < 4.78 is 20.2. The summed E-state index contributed by atoms with van der Waals surface area (Å²) >= 11 is 0. The van der Waals surface area contributed by atoms with Crippen LogP contribution >= 0.6 is 0 Å². The summed E-state index contributed by atoms with van der Waals surface area (Å²) in [5.41, 5.74) is -1.75. The molecule has 0 saturated heterocycles. The molecule has 0 radical (unpaired) electrons. The van der Waals surface area contributed by atoms with Crippen LogP contribution in [-0.4, -0.2) is 64.0 Å². The summed E-state index contributed by atoms with van der Waals surface area (Å²) in [7, 11) is 2.12. The van der Waals surface area contributed by atoms with Crippen LogP contribution in [0.1, 0.15) is 33.2 Å². The molecule has 0 aliphatic carbocycles. The van der Waals surface area contributed by atoms with E-state index in [9.17, 15) is 35.0 Å². The number of methoxy groups -OCH3 is 2. The summed E-state index contributed by atoms with van der Waals surface area (Å²) in [6.45, 7) is 2.62. The number of hydrogen-bond acceptors (Lipinski definition) is 12. The summed E-state index contributed by atoms with van der Waals surface area (Å²) in [6.07, 6.45) is -1.57. The minimum atomic E-state index is -1.57. The Labute approximate surface area is 186 Å². The fourth-order valence-corrected chi connectivity index (χ4v) is 2.76. The van der Waals surface area contributed by atoms with Crippen molar-refractivity contribution in [3.63, 3.8) is 0 Å². The van der Waals surface area contributed by atoms with E-state index in [2.05, 4.69) is 4.74 Å². The van der Waals surface area contributed by atoms with E-state index in [0.717, 1.165) is 27.2 Å². The van der Waals surface area contributed by atoms with Crippen LogP contribution < -0.4 is 14.7 Å². The number of phenolic OH excluding ortho intramolecular Hbond substituents is 2. The van der Waals surface area contributed by atoms with Crippen LogP contribution in [0.25, 0.3) is 0 Å². The van der Waals surface area contributed by atoms with Crippen molar-refractivity contribution in [3.8, 4) is 28.7 Å². The van der Waals surface area contributed by atoms with Crippen molar-refractivity contribution >= 4 is 23.6 Å². The molecule has 0 aliphatic rings. The second kappa shape index (κ2) is 9.93. The number of anilines is 1. The summed E-state index contributed by atoms with van der Waals surface area (Å²) in [5.74, 6) is -6.56. The zero-order valence-corrected chi connectivity index (χ0v) is 17.9. The van der Waals surface area contributed by atoms with E-state index in [0.29, 0.717) is 5.56 Å². The summed E-state index contributed by atoms with van der Waals surface area (Å²) in [5, 5.41) is 47.9. The lowest BCUT2D eigenvalue weighted by Crippen LogP contribution is -2.24. The fraction of sp³-hybridized carbons (Fsp3) is 0.250. The van der Waals surface area contributed by atoms with E-state index in [1.165, 1.54) is 19.1 Å². The van der Waals surface area contributed by atoms with E-state index in [1.807, 2.05) is 0 Å². The van der Waals surface area contributed by atoms with Gasteiger partial charge in [0.2, 0.25) is 0 Å². The number of benzene rings is 2. The minimum absolute atomic E-state index is 0.294. The molecule has 2 rings (SSSR count). The topological polar surface area (TPSA) is 193 Å². The van der Waals surface area contributed by atoms with Crippen molar-refractivity contribution in [2.45, 2.75) is 20.0 Å². The Balaban J connectivity index is 2.77. The van der Waals surface area contributed by atoms with Crippen LogP contribution in [0.15, 0.2) is 18.2 Å². The molecular weight excluding hydrogens is 446 g/mol. The third kappa shape index (κ3) is 5.16. The van der Waals surface area contributed by atoms with E-state index in [1.54, 1.807) is 0 Å². The van der Waals surface area contributed by atoms with Crippen molar-refractivity contribution in [2.75, 3.05) is 19.4 Å². The second-order valence-electron chi connectivity index (χ2n) is 6.58. The van der Waals surface area contributed by atoms with Crippen molar-refractivity contribution in [2.24, 2.45) is 0 Å². The minimum Gasteiger partial charge on any atom is -0.507 e. The van der Waals surface area contributed by atoms with Gasteiger partial charge in [0.1, 0.15) is 28.4 Å². The Kier molecular flexibility index (Phi) is 7.53. The van der Waals surface area contributed by atoms with Gasteiger partial charge in [0.15, 0.2) is 23.3 Å². The molecule has 1 unspecified atom stereocenters. The van der Waals surface area contributed by atoms with Crippen molar-refractivity contribution < 1.29 is 59.1 Å². The van der Waals surface area contributed by atoms with Gasteiger partial charge in [0.25, 0.3) is 0 Å². The maximum Gasteiger partial charge on any atom is 0.346 e. The fourth-order valence-electron chi connectivity index (χ4n) is 2.76. The first-order valence-electron chi connectivity index (χ1n) is 9.08. The number of aryl methyl sites for hydroxylation is 1. The molecule has 2 aromatic carbocycles.